The zero-order chi connectivity index (χ0) is 30.4. The van der Waals surface area contributed by atoms with Crippen LogP contribution >= 0.6 is 11.3 Å². The van der Waals surface area contributed by atoms with Crippen molar-refractivity contribution in [1.82, 2.24) is 4.57 Å². The molecule has 0 saturated carbocycles. The molecule has 2 aromatic carbocycles. The predicted molar refractivity (Wildman–Crippen MR) is 167 cm³/mol. The van der Waals surface area contributed by atoms with Crippen molar-refractivity contribution in [3.05, 3.63) is 89.6 Å². The zero-order valence-corrected chi connectivity index (χ0v) is 26.6. The Kier molecular flexibility index (Phi) is 8.11. The van der Waals surface area contributed by atoms with E-state index in [1.165, 1.54) is 11.3 Å². The van der Waals surface area contributed by atoms with Crippen LogP contribution in [0, 0.1) is 0 Å². The summed E-state index contributed by atoms with van der Waals surface area (Å²) in [7, 11) is 3.93. The Morgan fingerprint density at radius 1 is 1.07 bits per heavy atom. The zero-order valence-electron chi connectivity index (χ0n) is 25.7. The Bertz CT molecular complexity index is 1660. The molecule has 0 aliphatic carbocycles. The van der Waals surface area contributed by atoms with Gasteiger partial charge in [-0.05, 0) is 66.1 Å². The van der Waals surface area contributed by atoms with E-state index < -0.39 is 12.0 Å². The van der Waals surface area contributed by atoms with E-state index in [0.29, 0.717) is 26.4 Å². The minimum atomic E-state index is -0.668. The van der Waals surface area contributed by atoms with Crippen LogP contribution in [0.5, 0.6) is 5.75 Å². The smallest absolute Gasteiger partial charge is 0.338 e. The summed E-state index contributed by atoms with van der Waals surface area (Å²) in [6, 6.07) is 11.1. The van der Waals surface area contributed by atoms with Crippen molar-refractivity contribution in [2.24, 2.45) is 4.99 Å². The molecule has 0 radical (unpaired) electrons. The van der Waals surface area contributed by atoms with Gasteiger partial charge in [0.2, 0.25) is 0 Å². The number of carbonyl (C=O) groups excluding carboxylic acids is 1. The molecule has 3 aromatic rings. The van der Waals surface area contributed by atoms with Crippen LogP contribution in [0.4, 0.5) is 5.69 Å². The van der Waals surface area contributed by atoms with Crippen molar-refractivity contribution >= 4 is 29.1 Å². The predicted octanol–water partition coefficient (Wildman–Crippen LogP) is 5.16. The van der Waals surface area contributed by atoms with Gasteiger partial charge in [-0.2, -0.15) is 0 Å². The van der Waals surface area contributed by atoms with E-state index in [1.54, 1.807) is 18.4 Å². The summed E-state index contributed by atoms with van der Waals surface area (Å²) in [6.45, 7) is 16.1. The second kappa shape index (κ2) is 11.0. The Morgan fingerprint density at radius 3 is 2.12 bits per heavy atom. The number of ether oxygens (including phenoxy) is 1. The Morgan fingerprint density at radius 2 is 1.63 bits per heavy atom. The number of phenols is 1. The lowest BCUT2D eigenvalue weighted by Crippen LogP contribution is -2.40. The van der Waals surface area contributed by atoms with Crippen molar-refractivity contribution in [2.75, 3.05) is 25.6 Å². The molecule has 1 aromatic heterocycles. The largest absolute Gasteiger partial charge is 0.507 e. The van der Waals surface area contributed by atoms with E-state index in [0.717, 1.165) is 27.9 Å². The van der Waals surface area contributed by atoms with Crippen molar-refractivity contribution in [2.45, 2.75) is 72.3 Å². The van der Waals surface area contributed by atoms with Gasteiger partial charge < -0.3 is 14.7 Å². The van der Waals surface area contributed by atoms with Gasteiger partial charge in [-0.25, -0.2) is 9.79 Å². The SMILES string of the molecule is CCOC(=O)C1=C(C)N=c2s/c(=C\c3cc(C(C)(C)C)c(O)c(C(C)(C)C)c3)c(=O)n2[C@H]1c1ccc(N(C)C)cc1. The molecule has 1 atom stereocenters. The third-order valence-electron chi connectivity index (χ3n) is 7.29. The molecule has 0 amide bonds. The number of carbonyl (C=O) groups is 1. The van der Waals surface area contributed by atoms with E-state index in [4.69, 9.17) is 9.73 Å². The number of hydrogen-bond acceptors (Lipinski definition) is 7. The minimum Gasteiger partial charge on any atom is -0.507 e. The minimum absolute atomic E-state index is 0.222. The average molecular weight is 576 g/mol. The summed E-state index contributed by atoms with van der Waals surface area (Å²) in [6.07, 6.45) is 1.86. The molecule has 1 aliphatic heterocycles. The fourth-order valence-corrected chi connectivity index (χ4v) is 6.14. The van der Waals surface area contributed by atoms with Crippen LogP contribution in [0.1, 0.15) is 83.7 Å². The normalized spacial score (nSPS) is 16.0. The lowest BCUT2D eigenvalue weighted by molar-refractivity contribution is -0.139. The van der Waals surface area contributed by atoms with Gasteiger partial charge >= 0.3 is 5.97 Å². The number of aromatic nitrogens is 1. The number of thiazole rings is 1. The molecule has 0 fully saturated rings. The monoisotopic (exact) mass is 575 g/mol. The molecule has 0 bridgehead atoms. The van der Waals surface area contributed by atoms with Gasteiger partial charge in [0.15, 0.2) is 4.80 Å². The second-order valence-corrected chi connectivity index (χ2v) is 13.8. The van der Waals surface area contributed by atoms with Gasteiger partial charge in [-0.15, -0.1) is 0 Å². The van der Waals surface area contributed by atoms with Gasteiger partial charge in [0.1, 0.15) is 5.75 Å². The summed E-state index contributed by atoms with van der Waals surface area (Å²) in [5, 5.41) is 11.2. The topological polar surface area (TPSA) is 84.1 Å². The molecule has 218 valence electrons. The molecule has 2 heterocycles. The third-order valence-corrected chi connectivity index (χ3v) is 8.27. The number of nitrogens with zero attached hydrogens (tertiary/aromatic N) is 3. The standard InChI is InChI=1S/C33H41N3O4S/c1-11-40-30(39)26-19(2)34-31-36(27(26)21-12-14-22(15-13-21)35(9)10)29(38)25(41-31)18-20-16-23(32(3,4)5)28(37)24(17-20)33(6,7)8/h12-18,27,37H,11H2,1-10H3/b25-18-/t27-/m0/s1. The van der Waals surface area contributed by atoms with Gasteiger partial charge in [-0.3, -0.25) is 9.36 Å². The maximum Gasteiger partial charge on any atom is 0.338 e. The maximum absolute atomic E-state index is 14.1. The summed E-state index contributed by atoms with van der Waals surface area (Å²) < 4.78 is 7.52. The maximum atomic E-state index is 14.1. The number of benzene rings is 2. The van der Waals surface area contributed by atoms with E-state index >= 15 is 0 Å². The number of aromatic hydroxyl groups is 1. The summed E-state index contributed by atoms with van der Waals surface area (Å²) >= 11 is 1.30. The van der Waals surface area contributed by atoms with E-state index in [9.17, 15) is 14.7 Å². The van der Waals surface area contributed by atoms with E-state index in [-0.39, 0.29) is 23.0 Å². The number of esters is 1. The van der Waals surface area contributed by atoms with Gasteiger partial charge in [0, 0.05) is 30.9 Å². The van der Waals surface area contributed by atoms with E-state index in [1.807, 2.05) is 61.5 Å². The Labute approximate surface area is 246 Å². The van der Waals surface area contributed by atoms with Gasteiger partial charge in [0.25, 0.3) is 5.56 Å². The molecular formula is C33H41N3O4S. The highest BCUT2D eigenvalue weighted by Crippen LogP contribution is 2.40. The number of phenolic OH excluding ortho intramolecular Hbond substituents is 1. The van der Waals surface area contributed by atoms with Crippen LogP contribution in [0.25, 0.3) is 6.08 Å². The molecular weight excluding hydrogens is 534 g/mol. The first-order valence-electron chi connectivity index (χ1n) is 13.9. The fourth-order valence-electron chi connectivity index (χ4n) is 5.10. The second-order valence-electron chi connectivity index (χ2n) is 12.8. The number of fused-ring (bicyclic) bond motifs is 1. The number of hydrogen-bond donors (Lipinski definition) is 1. The van der Waals surface area contributed by atoms with Gasteiger partial charge in [-0.1, -0.05) is 65.0 Å². The van der Waals surface area contributed by atoms with E-state index in [2.05, 4.69) is 41.5 Å². The lowest BCUT2D eigenvalue weighted by atomic mass is 9.78. The van der Waals surface area contributed by atoms with Crippen LogP contribution in [0.3, 0.4) is 0 Å². The molecule has 8 heteroatoms. The highest BCUT2D eigenvalue weighted by Gasteiger charge is 2.33. The lowest BCUT2D eigenvalue weighted by Gasteiger charge is -2.27. The summed E-state index contributed by atoms with van der Waals surface area (Å²) in [5.74, 6) is -0.188. The first-order chi connectivity index (χ1) is 19.0. The molecule has 1 N–H and O–H groups in total. The molecule has 7 nitrogen and oxygen atoms in total. The Balaban J connectivity index is 1.98. The Hall–Kier alpha value is -3.65. The molecule has 0 saturated heterocycles. The number of rotatable bonds is 5. The van der Waals surface area contributed by atoms with Crippen LogP contribution in [-0.4, -0.2) is 36.3 Å². The fraction of sp³-hybridized carbons (Fsp3) is 0.424. The summed E-state index contributed by atoms with van der Waals surface area (Å²) in [5.41, 5.74) is 4.35. The average Bonchev–Trinajstić information content (AvgIpc) is 3.17. The van der Waals surface area contributed by atoms with Crippen molar-refractivity contribution in [1.29, 1.82) is 0 Å². The first-order valence-corrected chi connectivity index (χ1v) is 14.7. The highest BCUT2D eigenvalue weighted by atomic mass is 32.1. The van der Waals surface area contributed by atoms with Crippen LogP contribution in [0.2, 0.25) is 0 Å². The highest BCUT2D eigenvalue weighted by molar-refractivity contribution is 7.07. The van der Waals surface area contributed by atoms with Crippen molar-refractivity contribution in [3.8, 4) is 5.75 Å². The third kappa shape index (κ3) is 5.89. The molecule has 4 rings (SSSR count). The van der Waals surface area contributed by atoms with Crippen LogP contribution in [-0.2, 0) is 20.4 Å². The number of allylic oxidation sites excluding steroid dienone is 1. The van der Waals surface area contributed by atoms with Crippen molar-refractivity contribution in [3.63, 3.8) is 0 Å². The first kappa shape index (κ1) is 30.3. The van der Waals surface area contributed by atoms with Crippen LogP contribution < -0.4 is 19.8 Å². The quantitative estimate of drug-likeness (QED) is 0.425. The molecule has 0 spiro atoms. The summed E-state index contributed by atoms with van der Waals surface area (Å²) in [4.78, 5) is 34.5. The number of anilines is 1. The molecule has 0 unspecified atom stereocenters. The molecule has 41 heavy (non-hydrogen) atoms. The molecule has 1 aliphatic rings. The van der Waals surface area contributed by atoms with Crippen molar-refractivity contribution < 1.29 is 14.6 Å². The van der Waals surface area contributed by atoms with Crippen LogP contribution in [0.15, 0.2) is 57.5 Å². The van der Waals surface area contributed by atoms with Gasteiger partial charge in [0.05, 0.1) is 28.5 Å².